The minimum Gasteiger partial charge on any atom is -0.464 e. The molecule has 3 N–H and O–H groups in total. The van der Waals surface area contributed by atoms with Crippen LogP contribution in [0.15, 0.2) is 30.5 Å². The molecule has 1 aromatic carbocycles. The van der Waals surface area contributed by atoms with Gasteiger partial charge in [-0.05, 0) is 12.1 Å². The van der Waals surface area contributed by atoms with Crippen LogP contribution in [0.1, 0.15) is 21.6 Å². The van der Waals surface area contributed by atoms with Gasteiger partial charge in [0.2, 0.25) is 0 Å². The van der Waals surface area contributed by atoms with Gasteiger partial charge in [0.25, 0.3) is 5.60 Å². The number of halogens is 6. The van der Waals surface area contributed by atoms with E-state index >= 15 is 0 Å². The molecular weight excluding hydrogens is 396 g/mol. The number of carbonyl (C=O) groups excluding carboxylic acids is 1. The second kappa shape index (κ2) is 6.75. The number of nitrogen functional groups attached to an aromatic ring is 1. The standard InChI is InChI=1S/C16H11F6N3O3/c1-28-13(26)12-11(24)8(6-23)7-25(12)10-4-2-3-9(5-10)14(27,15(17,18)19)16(20,21)22/h2-5,7,27H,24H2,1H3. The van der Waals surface area contributed by atoms with Gasteiger partial charge in [0, 0.05) is 17.4 Å². The molecular formula is C16H11F6N3O3. The maximum absolute atomic E-state index is 13.1. The van der Waals surface area contributed by atoms with Crippen LogP contribution in [-0.4, -0.2) is 35.1 Å². The van der Waals surface area contributed by atoms with Gasteiger partial charge in [0.05, 0.1) is 18.4 Å². The van der Waals surface area contributed by atoms with Crippen molar-refractivity contribution in [1.29, 1.82) is 5.26 Å². The molecule has 6 nitrogen and oxygen atoms in total. The monoisotopic (exact) mass is 407 g/mol. The minimum atomic E-state index is -6.08. The van der Waals surface area contributed by atoms with Crippen LogP contribution in [0.3, 0.4) is 0 Å². The quantitative estimate of drug-likeness (QED) is 0.602. The van der Waals surface area contributed by atoms with Crippen LogP contribution in [0.4, 0.5) is 32.0 Å². The zero-order valence-electron chi connectivity index (χ0n) is 13.9. The van der Waals surface area contributed by atoms with Gasteiger partial charge in [-0.1, -0.05) is 12.1 Å². The molecule has 0 radical (unpaired) electrons. The highest BCUT2D eigenvalue weighted by molar-refractivity contribution is 5.95. The number of aromatic nitrogens is 1. The molecule has 1 heterocycles. The summed E-state index contributed by atoms with van der Waals surface area (Å²) in [7, 11) is 0.966. The van der Waals surface area contributed by atoms with Gasteiger partial charge < -0.3 is 20.1 Å². The number of methoxy groups -OCH3 is 1. The van der Waals surface area contributed by atoms with Crippen molar-refractivity contribution in [3.05, 3.63) is 47.3 Å². The second-order valence-corrected chi connectivity index (χ2v) is 5.53. The molecule has 2 aromatic rings. The number of anilines is 1. The molecule has 0 aliphatic rings. The third kappa shape index (κ3) is 3.13. The first kappa shape index (κ1) is 21.1. The van der Waals surface area contributed by atoms with Gasteiger partial charge in [-0.15, -0.1) is 0 Å². The smallest absolute Gasteiger partial charge is 0.430 e. The van der Waals surface area contributed by atoms with Gasteiger partial charge in [0.1, 0.15) is 6.07 Å². The molecule has 0 aliphatic carbocycles. The lowest BCUT2D eigenvalue weighted by Crippen LogP contribution is -2.53. The van der Waals surface area contributed by atoms with E-state index < -0.39 is 40.9 Å². The van der Waals surface area contributed by atoms with E-state index in [0.717, 1.165) is 30.0 Å². The van der Waals surface area contributed by atoms with E-state index in [1.165, 1.54) is 0 Å². The lowest BCUT2D eigenvalue weighted by atomic mass is 9.92. The van der Waals surface area contributed by atoms with Crippen LogP contribution in [0, 0.1) is 11.3 Å². The summed E-state index contributed by atoms with van der Waals surface area (Å²) in [6.45, 7) is 0. The maximum atomic E-state index is 13.1. The number of ether oxygens (including phenoxy) is 1. The summed E-state index contributed by atoms with van der Waals surface area (Å²) in [6, 6.07) is 4.32. The number of esters is 1. The Morgan fingerprint density at radius 2 is 1.79 bits per heavy atom. The third-order valence-corrected chi connectivity index (χ3v) is 3.91. The average Bonchev–Trinajstić information content (AvgIpc) is 2.95. The Bertz CT molecular complexity index is 942. The topological polar surface area (TPSA) is 101 Å². The van der Waals surface area contributed by atoms with Crippen LogP contribution in [-0.2, 0) is 10.3 Å². The first-order valence-corrected chi connectivity index (χ1v) is 7.25. The van der Waals surface area contributed by atoms with Crippen molar-refractivity contribution in [2.75, 3.05) is 12.8 Å². The molecule has 1 aromatic heterocycles. The fourth-order valence-corrected chi connectivity index (χ4v) is 2.49. The fourth-order valence-electron chi connectivity index (χ4n) is 2.49. The first-order chi connectivity index (χ1) is 12.8. The SMILES string of the molecule is COC(=O)c1c(N)c(C#N)cn1-c1cccc(C(O)(C(F)(F)F)C(F)(F)F)c1. The van der Waals surface area contributed by atoms with Gasteiger partial charge in [0.15, 0.2) is 5.69 Å². The summed E-state index contributed by atoms with van der Waals surface area (Å²) < 4.78 is 83.8. The number of nitrogens with two attached hydrogens (primary N) is 1. The second-order valence-electron chi connectivity index (χ2n) is 5.53. The highest BCUT2D eigenvalue weighted by atomic mass is 19.4. The van der Waals surface area contributed by atoms with E-state index in [1.54, 1.807) is 6.07 Å². The zero-order chi connectivity index (χ0) is 21.5. The van der Waals surface area contributed by atoms with Crippen LogP contribution in [0.2, 0.25) is 0 Å². The number of alkyl halides is 6. The summed E-state index contributed by atoms with van der Waals surface area (Å²) in [5, 5.41) is 18.6. The molecule has 12 heteroatoms. The summed E-state index contributed by atoms with van der Waals surface area (Å²) in [6.07, 6.45) is -11.2. The minimum absolute atomic E-state index is 0.257. The largest absolute Gasteiger partial charge is 0.464 e. The van der Waals surface area contributed by atoms with Crippen molar-refractivity contribution in [3.63, 3.8) is 0 Å². The van der Waals surface area contributed by atoms with E-state index in [4.69, 9.17) is 11.0 Å². The van der Waals surface area contributed by atoms with Crippen molar-refractivity contribution >= 4 is 11.7 Å². The van der Waals surface area contributed by atoms with Crippen LogP contribution in [0.25, 0.3) is 5.69 Å². The molecule has 0 unspecified atom stereocenters. The molecule has 0 saturated heterocycles. The average molecular weight is 407 g/mol. The van der Waals surface area contributed by atoms with Gasteiger partial charge >= 0.3 is 18.3 Å². The van der Waals surface area contributed by atoms with Crippen LogP contribution >= 0.6 is 0 Å². The van der Waals surface area contributed by atoms with Crippen LogP contribution in [0.5, 0.6) is 0 Å². The third-order valence-electron chi connectivity index (χ3n) is 3.91. The summed E-state index contributed by atoms with van der Waals surface area (Å²) in [5.74, 6) is -1.08. The Morgan fingerprint density at radius 3 is 2.25 bits per heavy atom. The van der Waals surface area contributed by atoms with Gasteiger partial charge in [-0.2, -0.15) is 31.6 Å². The molecule has 0 aliphatic heterocycles. The van der Waals surface area contributed by atoms with Crippen molar-refractivity contribution < 1.29 is 41.0 Å². The molecule has 0 saturated carbocycles. The predicted octanol–water partition coefficient (Wildman–Crippen LogP) is 3.03. The molecule has 0 spiro atoms. The number of hydrogen-bond donors (Lipinski definition) is 2. The van der Waals surface area contributed by atoms with Crippen molar-refractivity contribution in [2.24, 2.45) is 0 Å². The van der Waals surface area contributed by atoms with Crippen molar-refractivity contribution in [3.8, 4) is 11.8 Å². The molecule has 0 amide bonds. The Balaban J connectivity index is 2.78. The fraction of sp³-hybridized carbons (Fsp3) is 0.250. The molecule has 0 bridgehead atoms. The number of carbonyl (C=O) groups is 1. The van der Waals surface area contributed by atoms with Gasteiger partial charge in [-0.25, -0.2) is 4.79 Å². The highest BCUT2D eigenvalue weighted by Crippen LogP contribution is 2.50. The number of hydrogen-bond acceptors (Lipinski definition) is 5. The summed E-state index contributed by atoms with van der Waals surface area (Å²) in [4.78, 5) is 11.9. The van der Waals surface area contributed by atoms with E-state index in [2.05, 4.69) is 4.74 Å². The molecule has 28 heavy (non-hydrogen) atoms. The zero-order valence-corrected chi connectivity index (χ0v) is 13.9. The summed E-state index contributed by atoms with van der Waals surface area (Å²) >= 11 is 0. The maximum Gasteiger partial charge on any atom is 0.430 e. The van der Waals surface area contributed by atoms with E-state index in [-0.39, 0.29) is 11.3 Å². The number of aliphatic hydroxyl groups is 1. The first-order valence-electron chi connectivity index (χ1n) is 7.25. The van der Waals surface area contributed by atoms with Crippen LogP contribution < -0.4 is 5.73 Å². The van der Waals surface area contributed by atoms with Crippen molar-refractivity contribution in [2.45, 2.75) is 18.0 Å². The lowest BCUT2D eigenvalue weighted by Gasteiger charge is -2.32. The molecule has 0 atom stereocenters. The lowest BCUT2D eigenvalue weighted by molar-refractivity contribution is -0.376. The Hall–Kier alpha value is -3.20. The Labute approximate surface area is 153 Å². The van der Waals surface area contributed by atoms with E-state index in [9.17, 15) is 36.2 Å². The van der Waals surface area contributed by atoms with E-state index in [1.807, 2.05) is 0 Å². The Morgan fingerprint density at radius 1 is 1.21 bits per heavy atom. The Kier molecular flexibility index (Phi) is 5.09. The number of nitrogens with zero attached hydrogens (tertiary/aromatic N) is 2. The summed E-state index contributed by atoms with van der Waals surface area (Å²) in [5.41, 5.74) is -2.55. The molecule has 150 valence electrons. The predicted molar refractivity (Wildman–Crippen MR) is 82.2 cm³/mol. The van der Waals surface area contributed by atoms with Crippen molar-refractivity contribution in [1.82, 2.24) is 4.57 Å². The normalized spacial score (nSPS) is 12.5. The highest BCUT2D eigenvalue weighted by Gasteiger charge is 2.71. The number of benzene rings is 1. The number of rotatable bonds is 3. The molecule has 0 fully saturated rings. The van der Waals surface area contributed by atoms with Gasteiger partial charge in [-0.3, -0.25) is 0 Å². The number of nitriles is 1. The van der Waals surface area contributed by atoms with E-state index in [0.29, 0.717) is 12.1 Å². The molecule has 2 rings (SSSR count).